The van der Waals surface area contributed by atoms with Crippen LogP contribution in [-0.4, -0.2) is 44.7 Å². The Bertz CT molecular complexity index is 535. The quantitative estimate of drug-likeness (QED) is 0.861. The second-order valence-electron chi connectivity index (χ2n) is 5.56. The van der Waals surface area contributed by atoms with E-state index in [1.54, 1.807) is 4.31 Å². The van der Waals surface area contributed by atoms with Crippen molar-refractivity contribution in [3.05, 3.63) is 29.8 Å². The first kappa shape index (κ1) is 16.3. The second-order valence-corrected chi connectivity index (χ2v) is 7.64. The van der Waals surface area contributed by atoms with Crippen LogP contribution in [0.2, 0.25) is 0 Å². The number of benzene rings is 1. The van der Waals surface area contributed by atoms with E-state index < -0.39 is 10.0 Å². The van der Waals surface area contributed by atoms with Crippen LogP contribution in [0, 0.1) is 12.8 Å². The maximum Gasteiger partial charge on any atom is 0.217 e. The average Bonchev–Trinajstić information content (AvgIpc) is 2.49. The van der Waals surface area contributed by atoms with Gasteiger partial charge in [-0.15, -0.1) is 0 Å². The minimum atomic E-state index is -3.23. The van der Waals surface area contributed by atoms with Crippen LogP contribution < -0.4 is 10.5 Å². The molecule has 5 nitrogen and oxygen atoms in total. The average molecular weight is 312 g/mol. The van der Waals surface area contributed by atoms with Crippen LogP contribution in [0.3, 0.4) is 0 Å². The molecule has 0 atom stereocenters. The highest BCUT2D eigenvalue weighted by atomic mass is 32.2. The van der Waals surface area contributed by atoms with Gasteiger partial charge in [0.05, 0.1) is 5.75 Å². The fourth-order valence-corrected chi connectivity index (χ4v) is 3.77. The maximum atomic E-state index is 12.2. The minimum Gasteiger partial charge on any atom is -0.492 e. The van der Waals surface area contributed by atoms with Gasteiger partial charge >= 0.3 is 0 Å². The Labute approximate surface area is 127 Å². The Hall–Kier alpha value is -1.11. The van der Waals surface area contributed by atoms with E-state index in [-0.39, 0.29) is 12.4 Å². The number of nitrogens with zero attached hydrogens (tertiary/aromatic N) is 1. The van der Waals surface area contributed by atoms with Crippen molar-refractivity contribution >= 4 is 10.0 Å². The standard InChI is InChI=1S/C15H24N2O3S/c1-13-2-4-15(5-3-13)20-10-11-21(18,19)17-8-6-14(12-16)7-9-17/h2-5,14H,6-12,16H2,1H3. The lowest BCUT2D eigenvalue weighted by Gasteiger charge is -2.30. The van der Waals surface area contributed by atoms with Gasteiger partial charge in [0, 0.05) is 13.1 Å². The normalized spacial score (nSPS) is 17.8. The molecule has 6 heteroatoms. The molecule has 2 rings (SSSR count). The molecular weight excluding hydrogens is 288 g/mol. The van der Waals surface area contributed by atoms with Gasteiger partial charge in [-0.3, -0.25) is 0 Å². The maximum absolute atomic E-state index is 12.2. The Balaban J connectivity index is 1.80. The van der Waals surface area contributed by atoms with Crippen molar-refractivity contribution in [2.24, 2.45) is 11.7 Å². The Kier molecular flexibility index (Phi) is 5.61. The van der Waals surface area contributed by atoms with Gasteiger partial charge < -0.3 is 10.5 Å². The Morgan fingerprint density at radius 3 is 2.43 bits per heavy atom. The van der Waals surface area contributed by atoms with Crippen molar-refractivity contribution < 1.29 is 13.2 Å². The zero-order chi connectivity index (χ0) is 15.3. The van der Waals surface area contributed by atoms with Crippen molar-refractivity contribution in [3.8, 4) is 5.75 Å². The molecule has 118 valence electrons. The molecule has 0 bridgehead atoms. The number of sulfonamides is 1. The summed E-state index contributed by atoms with van der Waals surface area (Å²) in [6.45, 7) is 3.98. The van der Waals surface area contributed by atoms with Gasteiger partial charge in [-0.05, 0) is 44.4 Å². The molecule has 1 aromatic carbocycles. The molecule has 0 aliphatic carbocycles. The number of ether oxygens (including phenoxy) is 1. The van der Waals surface area contributed by atoms with Gasteiger partial charge in [0.1, 0.15) is 12.4 Å². The van der Waals surface area contributed by atoms with Gasteiger partial charge in [-0.25, -0.2) is 12.7 Å². The van der Waals surface area contributed by atoms with Gasteiger partial charge in [0.2, 0.25) is 10.0 Å². The lowest BCUT2D eigenvalue weighted by Crippen LogP contribution is -2.41. The molecule has 1 aromatic rings. The largest absolute Gasteiger partial charge is 0.492 e. The van der Waals surface area contributed by atoms with E-state index in [2.05, 4.69) is 0 Å². The molecular formula is C15H24N2O3S. The molecule has 1 aliphatic heterocycles. The zero-order valence-corrected chi connectivity index (χ0v) is 13.3. The second kappa shape index (κ2) is 7.24. The smallest absolute Gasteiger partial charge is 0.217 e. The first-order chi connectivity index (χ1) is 10.0. The van der Waals surface area contributed by atoms with Gasteiger partial charge in [0.25, 0.3) is 0 Å². The van der Waals surface area contributed by atoms with E-state index in [9.17, 15) is 8.42 Å². The third kappa shape index (κ3) is 4.69. The predicted octanol–water partition coefficient (Wildman–Crippen LogP) is 1.37. The SMILES string of the molecule is Cc1ccc(OCCS(=O)(=O)N2CCC(CN)CC2)cc1. The van der Waals surface area contributed by atoms with Gasteiger partial charge in [-0.2, -0.15) is 0 Å². The fourth-order valence-electron chi connectivity index (χ4n) is 2.45. The first-order valence-electron chi connectivity index (χ1n) is 7.38. The number of nitrogens with two attached hydrogens (primary N) is 1. The van der Waals surface area contributed by atoms with Crippen LogP contribution in [0.15, 0.2) is 24.3 Å². The summed E-state index contributed by atoms with van der Waals surface area (Å²) in [7, 11) is -3.23. The van der Waals surface area contributed by atoms with Gasteiger partial charge in [0.15, 0.2) is 0 Å². The van der Waals surface area contributed by atoms with Crippen molar-refractivity contribution in [1.29, 1.82) is 0 Å². The van der Waals surface area contributed by atoms with Crippen LogP contribution in [-0.2, 0) is 10.0 Å². The fraction of sp³-hybridized carbons (Fsp3) is 0.600. The number of rotatable bonds is 6. The summed E-state index contributed by atoms with van der Waals surface area (Å²) in [4.78, 5) is 0. The molecule has 1 saturated heterocycles. The molecule has 0 saturated carbocycles. The number of aryl methyl sites for hydroxylation is 1. The molecule has 1 heterocycles. The molecule has 1 aliphatic rings. The first-order valence-corrected chi connectivity index (χ1v) is 8.99. The monoisotopic (exact) mass is 312 g/mol. The zero-order valence-electron chi connectivity index (χ0n) is 12.5. The van der Waals surface area contributed by atoms with E-state index in [1.165, 1.54) is 0 Å². The van der Waals surface area contributed by atoms with Crippen molar-refractivity contribution in [3.63, 3.8) is 0 Å². The number of hydrogen-bond donors (Lipinski definition) is 1. The molecule has 0 spiro atoms. The summed E-state index contributed by atoms with van der Waals surface area (Å²) in [6.07, 6.45) is 1.71. The van der Waals surface area contributed by atoms with Crippen LogP contribution >= 0.6 is 0 Å². The summed E-state index contributed by atoms with van der Waals surface area (Å²) in [5, 5.41) is 0. The third-order valence-corrected chi connectivity index (χ3v) is 5.77. The van der Waals surface area contributed by atoms with E-state index >= 15 is 0 Å². The van der Waals surface area contributed by atoms with Crippen LogP contribution in [0.4, 0.5) is 0 Å². The molecule has 0 amide bonds. The highest BCUT2D eigenvalue weighted by Crippen LogP contribution is 2.19. The topological polar surface area (TPSA) is 72.6 Å². The summed E-state index contributed by atoms with van der Waals surface area (Å²) >= 11 is 0. The molecule has 2 N–H and O–H groups in total. The van der Waals surface area contributed by atoms with E-state index in [1.807, 2.05) is 31.2 Å². The van der Waals surface area contributed by atoms with E-state index in [4.69, 9.17) is 10.5 Å². The highest BCUT2D eigenvalue weighted by molar-refractivity contribution is 7.89. The van der Waals surface area contributed by atoms with Crippen molar-refractivity contribution in [2.75, 3.05) is 32.0 Å². The lowest BCUT2D eigenvalue weighted by atomic mass is 9.99. The number of hydrogen-bond acceptors (Lipinski definition) is 4. The number of piperidine rings is 1. The molecule has 1 fully saturated rings. The summed E-state index contributed by atoms with van der Waals surface area (Å²) in [6, 6.07) is 7.60. The Morgan fingerprint density at radius 1 is 1.24 bits per heavy atom. The minimum absolute atomic E-state index is 0.0220. The lowest BCUT2D eigenvalue weighted by molar-refractivity contribution is 0.274. The third-order valence-electron chi connectivity index (χ3n) is 3.93. The van der Waals surface area contributed by atoms with E-state index in [0.717, 1.165) is 18.4 Å². The molecule has 0 unspecified atom stereocenters. The van der Waals surface area contributed by atoms with Crippen LogP contribution in [0.5, 0.6) is 5.75 Å². The summed E-state index contributed by atoms with van der Waals surface area (Å²) in [5.74, 6) is 1.19. The Morgan fingerprint density at radius 2 is 1.86 bits per heavy atom. The van der Waals surface area contributed by atoms with Crippen molar-refractivity contribution in [1.82, 2.24) is 4.31 Å². The summed E-state index contributed by atoms with van der Waals surface area (Å²) < 4.78 is 31.6. The highest BCUT2D eigenvalue weighted by Gasteiger charge is 2.27. The van der Waals surface area contributed by atoms with Crippen molar-refractivity contribution in [2.45, 2.75) is 19.8 Å². The predicted molar refractivity (Wildman–Crippen MR) is 83.8 cm³/mol. The van der Waals surface area contributed by atoms with Crippen LogP contribution in [0.25, 0.3) is 0 Å². The molecule has 21 heavy (non-hydrogen) atoms. The van der Waals surface area contributed by atoms with Crippen LogP contribution in [0.1, 0.15) is 18.4 Å². The van der Waals surface area contributed by atoms with Gasteiger partial charge in [-0.1, -0.05) is 17.7 Å². The van der Waals surface area contributed by atoms with E-state index in [0.29, 0.717) is 31.3 Å². The molecule has 0 aromatic heterocycles. The summed E-state index contributed by atoms with van der Waals surface area (Å²) in [5.41, 5.74) is 6.78. The molecule has 0 radical (unpaired) electrons.